The molecule has 2 atom stereocenters. The molecule has 1 fully saturated rings. The molecule has 1 aliphatic heterocycles. The highest BCUT2D eigenvalue weighted by Crippen LogP contribution is 2.24. The summed E-state index contributed by atoms with van der Waals surface area (Å²) in [5.41, 5.74) is 5.61. The van der Waals surface area contributed by atoms with Gasteiger partial charge in [-0.2, -0.15) is 11.8 Å². The lowest BCUT2D eigenvalue weighted by Gasteiger charge is -2.24. The standard InChI is InChI=1S/C12H22N2OS2/c1-8(2)10(11(13)16)12(15)14-7-9-5-3-4-6-17-9/h8-10H,3-7H2,1-2H3,(H2,13,16)(H,14,15). The molecule has 1 rings (SSSR count). The predicted octanol–water partition coefficient (Wildman–Crippen LogP) is 1.95. The van der Waals surface area contributed by atoms with Gasteiger partial charge in [-0.1, -0.05) is 32.5 Å². The van der Waals surface area contributed by atoms with Crippen LogP contribution in [0.3, 0.4) is 0 Å². The van der Waals surface area contributed by atoms with Gasteiger partial charge in [0.05, 0.1) is 10.9 Å². The maximum Gasteiger partial charge on any atom is 0.230 e. The first-order valence-corrected chi connectivity index (χ1v) is 7.66. The van der Waals surface area contributed by atoms with Crippen LogP contribution in [0.2, 0.25) is 0 Å². The topological polar surface area (TPSA) is 55.1 Å². The van der Waals surface area contributed by atoms with E-state index < -0.39 is 0 Å². The molecule has 0 aromatic carbocycles. The van der Waals surface area contributed by atoms with E-state index in [9.17, 15) is 4.79 Å². The zero-order valence-corrected chi connectivity index (χ0v) is 12.2. The van der Waals surface area contributed by atoms with Crippen molar-refractivity contribution in [3.05, 3.63) is 0 Å². The normalized spacial score (nSPS) is 22.2. The van der Waals surface area contributed by atoms with Gasteiger partial charge >= 0.3 is 0 Å². The predicted molar refractivity (Wildman–Crippen MR) is 78.2 cm³/mol. The first kappa shape index (κ1) is 14.8. The minimum Gasteiger partial charge on any atom is -0.393 e. The molecule has 0 aliphatic carbocycles. The maximum absolute atomic E-state index is 12.0. The van der Waals surface area contributed by atoms with E-state index in [1.807, 2.05) is 25.6 Å². The average molecular weight is 274 g/mol. The summed E-state index contributed by atoms with van der Waals surface area (Å²) in [6.07, 6.45) is 3.78. The lowest BCUT2D eigenvalue weighted by atomic mass is 9.95. The second-order valence-corrected chi connectivity index (χ2v) is 6.74. The molecule has 0 saturated carbocycles. The molecule has 1 saturated heterocycles. The number of hydrogen-bond donors (Lipinski definition) is 2. The number of nitrogens with two attached hydrogens (primary N) is 1. The van der Waals surface area contributed by atoms with Crippen LogP contribution in [0.5, 0.6) is 0 Å². The van der Waals surface area contributed by atoms with E-state index in [-0.39, 0.29) is 17.7 Å². The van der Waals surface area contributed by atoms with Gasteiger partial charge in [0.15, 0.2) is 0 Å². The number of nitrogens with one attached hydrogen (secondary N) is 1. The third-order valence-electron chi connectivity index (χ3n) is 3.03. The Balaban J connectivity index is 2.38. The Bertz CT molecular complexity index is 276. The Kier molecular flexibility index (Phi) is 6.27. The molecule has 3 N–H and O–H groups in total. The van der Waals surface area contributed by atoms with E-state index in [0.29, 0.717) is 10.2 Å². The van der Waals surface area contributed by atoms with E-state index in [4.69, 9.17) is 18.0 Å². The fraction of sp³-hybridized carbons (Fsp3) is 0.833. The quantitative estimate of drug-likeness (QED) is 0.752. The van der Waals surface area contributed by atoms with Gasteiger partial charge in [-0.15, -0.1) is 0 Å². The van der Waals surface area contributed by atoms with Gasteiger partial charge < -0.3 is 11.1 Å². The van der Waals surface area contributed by atoms with Crippen LogP contribution < -0.4 is 11.1 Å². The fourth-order valence-electron chi connectivity index (χ4n) is 2.05. The molecule has 0 spiro atoms. The molecule has 2 unspecified atom stereocenters. The van der Waals surface area contributed by atoms with E-state index in [2.05, 4.69) is 5.32 Å². The second kappa shape index (κ2) is 7.21. The first-order valence-electron chi connectivity index (χ1n) is 6.21. The molecule has 0 aromatic rings. The van der Waals surface area contributed by atoms with E-state index >= 15 is 0 Å². The van der Waals surface area contributed by atoms with Crippen molar-refractivity contribution < 1.29 is 4.79 Å². The Morgan fingerprint density at radius 3 is 2.71 bits per heavy atom. The monoisotopic (exact) mass is 274 g/mol. The van der Waals surface area contributed by atoms with Gasteiger partial charge in [0, 0.05) is 11.8 Å². The van der Waals surface area contributed by atoms with Gasteiger partial charge in [-0.25, -0.2) is 0 Å². The van der Waals surface area contributed by atoms with Crippen LogP contribution in [0.15, 0.2) is 0 Å². The van der Waals surface area contributed by atoms with Crippen LogP contribution in [0, 0.1) is 11.8 Å². The Hall–Kier alpha value is -0.290. The summed E-state index contributed by atoms with van der Waals surface area (Å²) < 4.78 is 0. The Morgan fingerprint density at radius 1 is 1.53 bits per heavy atom. The largest absolute Gasteiger partial charge is 0.393 e. The van der Waals surface area contributed by atoms with Gasteiger partial charge in [-0.05, 0) is 24.5 Å². The van der Waals surface area contributed by atoms with Crippen LogP contribution in [0.1, 0.15) is 33.1 Å². The van der Waals surface area contributed by atoms with Crippen molar-refractivity contribution in [2.75, 3.05) is 12.3 Å². The molecule has 3 nitrogen and oxygen atoms in total. The van der Waals surface area contributed by atoms with Crippen LogP contribution in [-0.2, 0) is 4.79 Å². The van der Waals surface area contributed by atoms with Crippen molar-refractivity contribution in [1.82, 2.24) is 5.32 Å². The zero-order valence-electron chi connectivity index (χ0n) is 10.6. The van der Waals surface area contributed by atoms with Crippen molar-refractivity contribution in [3.63, 3.8) is 0 Å². The van der Waals surface area contributed by atoms with Gasteiger partial charge in [0.25, 0.3) is 0 Å². The highest BCUT2D eigenvalue weighted by molar-refractivity contribution is 7.99. The molecule has 1 aliphatic rings. The summed E-state index contributed by atoms with van der Waals surface area (Å²) in [6.45, 7) is 4.69. The molecular formula is C12H22N2OS2. The third kappa shape index (κ3) is 4.84. The lowest BCUT2D eigenvalue weighted by Crippen LogP contribution is -2.43. The number of hydrogen-bond acceptors (Lipinski definition) is 3. The first-order chi connectivity index (χ1) is 8.02. The molecule has 0 radical (unpaired) electrons. The van der Waals surface area contributed by atoms with Crippen molar-refractivity contribution in [3.8, 4) is 0 Å². The summed E-state index contributed by atoms with van der Waals surface area (Å²) in [7, 11) is 0. The molecule has 0 bridgehead atoms. The second-order valence-electron chi connectivity index (χ2n) is 4.86. The number of carbonyl (C=O) groups excluding carboxylic acids is 1. The minimum absolute atomic E-state index is 0.0151. The highest BCUT2D eigenvalue weighted by atomic mass is 32.2. The zero-order chi connectivity index (χ0) is 12.8. The molecule has 1 amide bonds. The minimum atomic E-state index is -0.335. The Morgan fingerprint density at radius 2 is 2.24 bits per heavy atom. The average Bonchev–Trinajstić information content (AvgIpc) is 2.27. The maximum atomic E-state index is 12.0. The summed E-state index contributed by atoms with van der Waals surface area (Å²) in [4.78, 5) is 12.3. The molecular weight excluding hydrogens is 252 g/mol. The third-order valence-corrected chi connectivity index (χ3v) is 4.69. The molecule has 1 heterocycles. The van der Waals surface area contributed by atoms with Gasteiger partial charge in [0.2, 0.25) is 5.91 Å². The van der Waals surface area contributed by atoms with Crippen molar-refractivity contribution in [2.24, 2.45) is 17.6 Å². The van der Waals surface area contributed by atoms with Crippen LogP contribution >= 0.6 is 24.0 Å². The fourth-order valence-corrected chi connectivity index (χ4v) is 3.67. The number of carbonyl (C=O) groups is 1. The van der Waals surface area contributed by atoms with Crippen LogP contribution in [0.25, 0.3) is 0 Å². The molecule has 98 valence electrons. The van der Waals surface area contributed by atoms with Crippen molar-refractivity contribution in [1.29, 1.82) is 0 Å². The number of thioether (sulfide) groups is 1. The molecule has 5 heteroatoms. The van der Waals surface area contributed by atoms with Crippen LogP contribution in [-0.4, -0.2) is 28.4 Å². The summed E-state index contributed by atoms with van der Waals surface area (Å²) in [5.74, 6) is 1.02. The lowest BCUT2D eigenvalue weighted by molar-refractivity contribution is -0.123. The van der Waals surface area contributed by atoms with Gasteiger partial charge in [0.1, 0.15) is 0 Å². The SMILES string of the molecule is CC(C)C(C(=O)NCC1CCCCS1)C(N)=S. The van der Waals surface area contributed by atoms with Crippen molar-refractivity contribution >= 4 is 34.9 Å². The summed E-state index contributed by atoms with van der Waals surface area (Å²) >= 11 is 6.91. The smallest absolute Gasteiger partial charge is 0.230 e. The van der Waals surface area contributed by atoms with E-state index in [1.54, 1.807) is 0 Å². The molecule has 17 heavy (non-hydrogen) atoms. The van der Waals surface area contributed by atoms with Crippen molar-refractivity contribution in [2.45, 2.75) is 38.4 Å². The van der Waals surface area contributed by atoms with Crippen LogP contribution in [0.4, 0.5) is 0 Å². The number of rotatable bonds is 5. The number of thiocarbonyl (C=S) groups is 1. The highest BCUT2D eigenvalue weighted by Gasteiger charge is 2.25. The van der Waals surface area contributed by atoms with Gasteiger partial charge in [-0.3, -0.25) is 4.79 Å². The molecule has 0 aromatic heterocycles. The summed E-state index contributed by atoms with van der Waals surface area (Å²) in [5, 5.41) is 3.55. The summed E-state index contributed by atoms with van der Waals surface area (Å²) in [6, 6.07) is 0. The number of amides is 1. The van der Waals surface area contributed by atoms with E-state index in [0.717, 1.165) is 6.54 Å². The van der Waals surface area contributed by atoms with E-state index in [1.165, 1.54) is 25.0 Å². The Labute approximate surface area is 113 Å².